The zero-order valence-electron chi connectivity index (χ0n) is 11.5. The Balaban J connectivity index is 1.56. The molecule has 108 valence electrons. The Hall–Kier alpha value is -1.44. The van der Waals surface area contributed by atoms with Gasteiger partial charge in [0.15, 0.2) is 5.13 Å². The highest BCUT2D eigenvalue weighted by Gasteiger charge is 2.21. The third kappa shape index (κ3) is 3.36. The van der Waals surface area contributed by atoms with E-state index in [2.05, 4.69) is 15.0 Å². The van der Waals surface area contributed by atoms with Crippen molar-refractivity contribution < 1.29 is 4.74 Å². The van der Waals surface area contributed by atoms with E-state index in [1.165, 1.54) is 10.4 Å². The van der Waals surface area contributed by atoms with E-state index in [0.717, 1.165) is 32.8 Å². The van der Waals surface area contributed by atoms with Crippen LogP contribution in [0.5, 0.6) is 0 Å². The summed E-state index contributed by atoms with van der Waals surface area (Å²) in [7, 11) is 0. The first-order valence-corrected chi connectivity index (χ1v) is 7.54. The average Bonchev–Trinajstić information content (AvgIpc) is 2.99. The molecule has 0 radical (unpaired) electrons. The van der Waals surface area contributed by atoms with Crippen molar-refractivity contribution >= 4 is 16.5 Å². The summed E-state index contributed by atoms with van der Waals surface area (Å²) in [6.07, 6.45) is 5.97. The lowest BCUT2D eigenvalue weighted by atomic mass is 10.2. The zero-order valence-corrected chi connectivity index (χ0v) is 12.3. The van der Waals surface area contributed by atoms with Crippen molar-refractivity contribution in [1.29, 1.82) is 0 Å². The van der Waals surface area contributed by atoms with Crippen molar-refractivity contribution in [3.8, 4) is 0 Å². The minimum atomic E-state index is 0.188. The number of anilines is 1. The highest BCUT2D eigenvalue weighted by atomic mass is 32.1. The molecule has 3 rings (SSSR count). The highest BCUT2D eigenvalue weighted by Crippen LogP contribution is 2.18. The van der Waals surface area contributed by atoms with Gasteiger partial charge in [-0.15, -0.1) is 11.3 Å². The highest BCUT2D eigenvalue weighted by molar-refractivity contribution is 7.15. The van der Waals surface area contributed by atoms with Gasteiger partial charge in [-0.2, -0.15) is 5.10 Å². The Kier molecular flexibility index (Phi) is 4.00. The molecule has 2 aromatic heterocycles. The fraction of sp³-hybridized carbons (Fsp3) is 0.538. The van der Waals surface area contributed by atoms with Crippen LogP contribution in [0.25, 0.3) is 0 Å². The summed E-state index contributed by atoms with van der Waals surface area (Å²) >= 11 is 1.56. The van der Waals surface area contributed by atoms with Gasteiger partial charge >= 0.3 is 0 Å². The number of hydrogen-bond donors (Lipinski definition) is 1. The van der Waals surface area contributed by atoms with Crippen molar-refractivity contribution in [3.63, 3.8) is 0 Å². The fourth-order valence-electron chi connectivity index (χ4n) is 2.43. The molecule has 0 spiro atoms. The smallest absolute Gasteiger partial charge is 0.180 e. The molecular formula is C13H19N5OS. The van der Waals surface area contributed by atoms with Crippen LogP contribution < -0.4 is 5.73 Å². The quantitative estimate of drug-likeness (QED) is 0.915. The molecule has 2 N–H and O–H groups in total. The Labute approximate surface area is 122 Å². The van der Waals surface area contributed by atoms with Gasteiger partial charge in [0.25, 0.3) is 0 Å². The molecule has 2 aromatic rings. The Morgan fingerprint density at radius 3 is 3.10 bits per heavy atom. The number of aromatic nitrogens is 3. The van der Waals surface area contributed by atoms with Crippen LogP contribution in [0.2, 0.25) is 0 Å². The molecule has 3 heterocycles. The summed E-state index contributed by atoms with van der Waals surface area (Å²) in [5.74, 6) is 0. The molecule has 0 aromatic carbocycles. The van der Waals surface area contributed by atoms with Gasteiger partial charge in [0, 0.05) is 36.9 Å². The lowest BCUT2D eigenvalue weighted by Gasteiger charge is -2.32. The number of hydrogen-bond acceptors (Lipinski definition) is 6. The number of aryl methyl sites for hydroxylation is 1. The molecule has 1 aliphatic rings. The fourth-order valence-corrected chi connectivity index (χ4v) is 3.15. The minimum Gasteiger partial charge on any atom is -0.375 e. The number of rotatable bonds is 4. The van der Waals surface area contributed by atoms with E-state index in [-0.39, 0.29) is 6.10 Å². The molecule has 20 heavy (non-hydrogen) atoms. The van der Waals surface area contributed by atoms with Crippen LogP contribution in [-0.2, 0) is 17.8 Å². The summed E-state index contributed by atoms with van der Waals surface area (Å²) in [5, 5.41) is 4.95. The monoisotopic (exact) mass is 293 g/mol. The predicted molar refractivity (Wildman–Crippen MR) is 78.5 cm³/mol. The molecule has 1 atom stereocenters. The van der Waals surface area contributed by atoms with Gasteiger partial charge in [0.05, 0.1) is 25.5 Å². The van der Waals surface area contributed by atoms with Gasteiger partial charge in [-0.05, 0) is 12.5 Å². The molecule has 0 saturated carbocycles. The molecule has 7 heteroatoms. The molecule has 6 nitrogen and oxygen atoms in total. The maximum absolute atomic E-state index is 5.82. The van der Waals surface area contributed by atoms with Crippen LogP contribution in [0.4, 0.5) is 5.13 Å². The first-order chi connectivity index (χ1) is 9.69. The third-order valence-corrected chi connectivity index (χ3v) is 4.14. The predicted octanol–water partition coefficient (Wildman–Crippen LogP) is 1.13. The number of ether oxygens (including phenoxy) is 1. The second-order valence-corrected chi connectivity index (χ2v) is 6.28. The number of thiazole rings is 1. The van der Waals surface area contributed by atoms with Crippen LogP contribution in [0, 0.1) is 6.92 Å². The van der Waals surface area contributed by atoms with Crippen LogP contribution in [0.3, 0.4) is 0 Å². The van der Waals surface area contributed by atoms with Crippen LogP contribution in [-0.4, -0.2) is 45.5 Å². The summed E-state index contributed by atoms with van der Waals surface area (Å²) in [4.78, 5) is 7.69. The van der Waals surface area contributed by atoms with E-state index in [4.69, 9.17) is 10.5 Å². The number of nitrogens with two attached hydrogens (primary N) is 1. The molecule has 0 amide bonds. The normalized spacial score (nSPS) is 20.4. The van der Waals surface area contributed by atoms with Gasteiger partial charge in [0.1, 0.15) is 0 Å². The van der Waals surface area contributed by atoms with E-state index in [1.807, 2.05) is 30.2 Å². The zero-order chi connectivity index (χ0) is 13.9. The molecule has 1 aliphatic heterocycles. The summed E-state index contributed by atoms with van der Waals surface area (Å²) in [5.41, 5.74) is 6.85. The van der Waals surface area contributed by atoms with Crippen molar-refractivity contribution in [2.24, 2.45) is 0 Å². The Morgan fingerprint density at radius 1 is 1.50 bits per heavy atom. The number of morpholine rings is 1. The Bertz CT molecular complexity index is 518. The van der Waals surface area contributed by atoms with Gasteiger partial charge in [-0.1, -0.05) is 0 Å². The lowest BCUT2D eigenvalue weighted by Crippen LogP contribution is -2.43. The second kappa shape index (κ2) is 5.90. The van der Waals surface area contributed by atoms with E-state index in [0.29, 0.717) is 5.13 Å². The second-order valence-electron chi connectivity index (χ2n) is 5.13. The van der Waals surface area contributed by atoms with Crippen LogP contribution in [0.15, 0.2) is 18.6 Å². The van der Waals surface area contributed by atoms with E-state index >= 15 is 0 Å². The first kappa shape index (κ1) is 13.5. The maximum atomic E-state index is 5.82. The largest absolute Gasteiger partial charge is 0.375 e. The third-order valence-electron chi connectivity index (χ3n) is 3.33. The summed E-state index contributed by atoms with van der Waals surface area (Å²) in [6, 6.07) is 0. The first-order valence-electron chi connectivity index (χ1n) is 6.72. The van der Waals surface area contributed by atoms with Gasteiger partial charge in [-0.25, -0.2) is 4.98 Å². The van der Waals surface area contributed by atoms with Crippen molar-refractivity contribution in [2.45, 2.75) is 26.1 Å². The molecule has 0 aliphatic carbocycles. The maximum Gasteiger partial charge on any atom is 0.180 e. The molecule has 1 saturated heterocycles. The molecule has 1 unspecified atom stereocenters. The standard InChI is InChI=1S/C13H19N5OS/c1-10-4-16-18(6-10)8-11-7-17(2-3-19-11)9-12-5-15-13(14)20-12/h4-6,11H,2-3,7-9H2,1H3,(H2,14,15). The van der Waals surface area contributed by atoms with Crippen molar-refractivity contribution in [1.82, 2.24) is 19.7 Å². The topological polar surface area (TPSA) is 69.2 Å². The Morgan fingerprint density at radius 2 is 2.40 bits per heavy atom. The summed E-state index contributed by atoms with van der Waals surface area (Å²) < 4.78 is 7.78. The van der Waals surface area contributed by atoms with E-state index in [1.54, 1.807) is 11.3 Å². The molecule has 0 bridgehead atoms. The van der Waals surface area contributed by atoms with Crippen molar-refractivity contribution in [2.75, 3.05) is 25.4 Å². The van der Waals surface area contributed by atoms with Gasteiger partial charge in [0.2, 0.25) is 0 Å². The minimum absolute atomic E-state index is 0.188. The van der Waals surface area contributed by atoms with Crippen LogP contribution >= 0.6 is 11.3 Å². The molecular weight excluding hydrogens is 274 g/mol. The van der Waals surface area contributed by atoms with E-state index in [9.17, 15) is 0 Å². The average molecular weight is 293 g/mol. The summed E-state index contributed by atoms with van der Waals surface area (Å²) in [6.45, 7) is 6.37. The van der Waals surface area contributed by atoms with Gasteiger partial charge < -0.3 is 10.5 Å². The van der Waals surface area contributed by atoms with Crippen molar-refractivity contribution in [3.05, 3.63) is 29.0 Å². The SMILES string of the molecule is Cc1cnn(CC2CN(Cc3cnc(N)s3)CCO2)c1. The molecule has 1 fully saturated rings. The lowest BCUT2D eigenvalue weighted by molar-refractivity contribution is -0.0399. The number of nitrogens with zero attached hydrogens (tertiary/aromatic N) is 4. The van der Waals surface area contributed by atoms with Gasteiger partial charge in [-0.3, -0.25) is 9.58 Å². The van der Waals surface area contributed by atoms with Crippen LogP contribution in [0.1, 0.15) is 10.4 Å². The number of nitrogen functional groups attached to an aromatic ring is 1. The van der Waals surface area contributed by atoms with E-state index < -0.39 is 0 Å².